The van der Waals surface area contributed by atoms with Crippen molar-refractivity contribution in [3.8, 4) is 11.1 Å². The molecule has 0 saturated heterocycles. The topological polar surface area (TPSA) is 92.4 Å². The van der Waals surface area contributed by atoms with E-state index >= 15 is 0 Å². The van der Waals surface area contributed by atoms with Gasteiger partial charge in [-0.15, -0.1) is 0 Å². The lowest BCUT2D eigenvalue weighted by molar-refractivity contribution is -0.138. The standard InChI is InChI=1S/C33H33F3N4O3/c1-21-19-26(22-9-6-5-7-10-22)27(20-28(21)33(34,35)36)30(41)39-25-15-13-23(14-16-25)37-18-17-24-11-8-12-29(38-24)40-31(42)43-32(2,3)4/h5-16,19-20,37H,17-18H2,1-4H3,(H,39,41)(H,38,40,42). The van der Waals surface area contributed by atoms with Gasteiger partial charge in [0.05, 0.1) is 5.56 Å². The number of halogens is 3. The van der Waals surface area contributed by atoms with Crippen LogP contribution < -0.4 is 16.0 Å². The molecule has 4 aromatic rings. The summed E-state index contributed by atoms with van der Waals surface area (Å²) in [5.74, 6) is -0.255. The molecule has 3 aromatic carbocycles. The third-order valence-corrected chi connectivity index (χ3v) is 6.29. The van der Waals surface area contributed by atoms with Gasteiger partial charge in [0, 0.05) is 35.6 Å². The van der Waals surface area contributed by atoms with Crippen LogP contribution in [-0.4, -0.2) is 29.1 Å². The van der Waals surface area contributed by atoms with Crippen molar-refractivity contribution in [3.63, 3.8) is 0 Å². The van der Waals surface area contributed by atoms with Crippen molar-refractivity contribution in [3.05, 3.63) is 107 Å². The summed E-state index contributed by atoms with van der Waals surface area (Å²) in [5, 5.41) is 8.61. The van der Waals surface area contributed by atoms with E-state index in [1.165, 1.54) is 13.0 Å². The highest BCUT2D eigenvalue weighted by Gasteiger charge is 2.34. The minimum Gasteiger partial charge on any atom is -0.444 e. The van der Waals surface area contributed by atoms with Crippen LogP contribution in [0.5, 0.6) is 0 Å². The van der Waals surface area contributed by atoms with Gasteiger partial charge in [0.1, 0.15) is 11.4 Å². The van der Waals surface area contributed by atoms with Gasteiger partial charge in [-0.2, -0.15) is 13.2 Å². The maximum Gasteiger partial charge on any atom is 0.416 e. The Morgan fingerprint density at radius 1 is 0.837 bits per heavy atom. The second-order valence-corrected chi connectivity index (χ2v) is 10.9. The Balaban J connectivity index is 1.39. The van der Waals surface area contributed by atoms with E-state index in [0.29, 0.717) is 35.6 Å². The fraction of sp³-hybridized carbons (Fsp3) is 0.242. The Morgan fingerprint density at radius 3 is 2.16 bits per heavy atom. The first-order valence-electron chi connectivity index (χ1n) is 13.7. The maximum absolute atomic E-state index is 13.7. The molecule has 0 saturated carbocycles. The lowest BCUT2D eigenvalue weighted by Crippen LogP contribution is -2.27. The van der Waals surface area contributed by atoms with Gasteiger partial charge < -0.3 is 15.4 Å². The summed E-state index contributed by atoms with van der Waals surface area (Å²) < 4.78 is 46.3. The summed E-state index contributed by atoms with van der Waals surface area (Å²) in [5.41, 5.74) is 1.54. The predicted molar refractivity (Wildman–Crippen MR) is 162 cm³/mol. The molecule has 10 heteroatoms. The summed E-state index contributed by atoms with van der Waals surface area (Å²) in [6.07, 6.45) is -4.60. The van der Waals surface area contributed by atoms with Gasteiger partial charge in [-0.05, 0) is 86.8 Å². The molecule has 0 spiro atoms. The van der Waals surface area contributed by atoms with Gasteiger partial charge in [0.15, 0.2) is 0 Å². The number of carbonyl (C=O) groups is 2. The molecule has 7 nitrogen and oxygen atoms in total. The molecule has 0 bridgehead atoms. The molecule has 0 aliphatic carbocycles. The molecule has 0 aliphatic rings. The molecular formula is C33H33F3N4O3. The monoisotopic (exact) mass is 590 g/mol. The number of hydrogen-bond acceptors (Lipinski definition) is 5. The fourth-order valence-corrected chi connectivity index (χ4v) is 4.36. The fourth-order valence-electron chi connectivity index (χ4n) is 4.36. The number of alkyl halides is 3. The number of anilines is 3. The minimum atomic E-state index is -4.59. The molecule has 0 aliphatic heterocycles. The Hall–Kier alpha value is -4.86. The van der Waals surface area contributed by atoms with Crippen LogP contribution in [0.25, 0.3) is 11.1 Å². The maximum atomic E-state index is 13.7. The van der Waals surface area contributed by atoms with Crippen LogP contribution in [0.1, 0.15) is 48.0 Å². The molecule has 4 rings (SSSR count). The smallest absolute Gasteiger partial charge is 0.416 e. The first-order valence-corrected chi connectivity index (χ1v) is 13.7. The SMILES string of the molecule is Cc1cc(-c2ccccc2)c(C(=O)Nc2ccc(NCCc3cccc(NC(=O)OC(C)(C)C)n3)cc2)cc1C(F)(F)F. The van der Waals surface area contributed by atoms with Crippen molar-refractivity contribution < 1.29 is 27.5 Å². The second kappa shape index (κ2) is 13.0. The third-order valence-electron chi connectivity index (χ3n) is 6.29. The molecule has 3 N–H and O–H groups in total. The van der Waals surface area contributed by atoms with E-state index in [9.17, 15) is 22.8 Å². The van der Waals surface area contributed by atoms with Crippen molar-refractivity contribution in [2.24, 2.45) is 0 Å². The van der Waals surface area contributed by atoms with Crippen LogP contribution >= 0.6 is 0 Å². The summed E-state index contributed by atoms with van der Waals surface area (Å²) in [6, 6.07) is 23.3. The van der Waals surface area contributed by atoms with E-state index in [2.05, 4.69) is 20.9 Å². The van der Waals surface area contributed by atoms with Gasteiger partial charge in [-0.25, -0.2) is 9.78 Å². The quantitative estimate of drug-likeness (QED) is 0.192. The number of benzene rings is 3. The highest BCUT2D eigenvalue weighted by molar-refractivity contribution is 6.09. The van der Waals surface area contributed by atoms with Crippen LogP contribution in [0.2, 0.25) is 0 Å². The Morgan fingerprint density at radius 2 is 1.51 bits per heavy atom. The molecule has 224 valence electrons. The molecule has 0 atom stereocenters. The van der Waals surface area contributed by atoms with Crippen molar-refractivity contribution in [2.75, 3.05) is 22.5 Å². The highest BCUT2D eigenvalue weighted by Crippen LogP contribution is 2.36. The van der Waals surface area contributed by atoms with Crippen molar-refractivity contribution in [1.82, 2.24) is 4.98 Å². The average Bonchev–Trinajstić information content (AvgIpc) is 2.93. The van der Waals surface area contributed by atoms with Crippen LogP contribution in [0, 0.1) is 6.92 Å². The first-order chi connectivity index (χ1) is 20.3. The van der Waals surface area contributed by atoms with Gasteiger partial charge in [-0.3, -0.25) is 10.1 Å². The number of carbonyl (C=O) groups excluding carboxylic acids is 2. The summed E-state index contributed by atoms with van der Waals surface area (Å²) in [6.45, 7) is 7.26. The number of hydrogen-bond donors (Lipinski definition) is 3. The number of aryl methyl sites for hydroxylation is 1. The summed E-state index contributed by atoms with van der Waals surface area (Å²) in [7, 11) is 0. The van der Waals surface area contributed by atoms with E-state index in [1.807, 2.05) is 6.07 Å². The van der Waals surface area contributed by atoms with E-state index in [1.54, 1.807) is 87.5 Å². The third kappa shape index (κ3) is 8.81. The average molecular weight is 591 g/mol. The number of pyridine rings is 1. The van der Waals surface area contributed by atoms with Crippen molar-refractivity contribution in [2.45, 2.75) is 45.9 Å². The second-order valence-electron chi connectivity index (χ2n) is 10.9. The van der Waals surface area contributed by atoms with E-state index in [0.717, 1.165) is 17.4 Å². The summed E-state index contributed by atoms with van der Waals surface area (Å²) >= 11 is 0. The van der Waals surface area contributed by atoms with Gasteiger partial charge >= 0.3 is 12.3 Å². The number of ether oxygens (including phenoxy) is 1. The van der Waals surface area contributed by atoms with Crippen LogP contribution in [0.4, 0.5) is 35.2 Å². The lowest BCUT2D eigenvalue weighted by atomic mass is 9.93. The largest absolute Gasteiger partial charge is 0.444 e. The zero-order valence-corrected chi connectivity index (χ0v) is 24.3. The van der Waals surface area contributed by atoms with Crippen molar-refractivity contribution >= 4 is 29.2 Å². The van der Waals surface area contributed by atoms with Crippen LogP contribution in [0.3, 0.4) is 0 Å². The number of nitrogens with one attached hydrogen (secondary N) is 3. The van der Waals surface area contributed by atoms with Gasteiger partial charge in [0.2, 0.25) is 0 Å². The number of rotatable bonds is 8. The molecule has 0 fully saturated rings. The Labute approximate surface area is 248 Å². The van der Waals surface area contributed by atoms with Crippen LogP contribution in [-0.2, 0) is 17.3 Å². The van der Waals surface area contributed by atoms with Gasteiger partial charge in [0.25, 0.3) is 5.91 Å². The molecule has 1 heterocycles. The minimum absolute atomic E-state index is 0.0413. The zero-order valence-electron chi connectivity index (χ0n) is 24.3. The number of nitrogens with zero attached hydrogens (tertiary/aromatic N) is 1. The van der Waals surface area contributed by atoms with E-state index in [-0.39, 0.29) is 11.1 Å². The molecule has 2 amide bonds. The van der Waals surface area contributed by atoms with Gasteiger partial charge in [-0.1, -0.05) is 42.5 Å². The number of aromatic nitrogens is 1. The Kier molecular flexibility index (Phi) is 9.38. The number of amides is 2. The zero-order chi connectivity index (χ0) is 31.2. The predicted octanol–water partition coefficient (Wildman–Crippen LogP) is 8.33. The first kappa shape index (κ1) is 31.1. The van der Waals surface area contributed by atoms with E-state index in [4.69, 9.17) is 4.74 Å². The normalized spacial score (nSPS) is 11.5. The molecule has 43 heavy (non-hydrogen) atoms. The molecular weight excluding hydrogens is 557 g/mol. The molecule has 0 radical (unpaired) electrons. The highest BCUT2D eigenvalue weighted by atomic mass is 19.4. The Bertz CT molecular complexity index is 1580. The van der Waals surface area contributed by atoms with E-state index < -0.39 is 29.3 Å². The van der Waals surface area contributed by atoms with Crippen LogP contribution in [0.15, 0.2) is 84.9 Å². The lowest BCUT2D eigenvalue weighted by Gasteiger charge is -2.19. The summed E-state index contributed by atoms with van der Waals surface area (Å²) in [4.78, 5) is 29.7. The molecule has 1 aromatic heterocycles. The molecule has 0 unspecified atom stereocenters. The van der Waals surface area contributed by atoms with Crippen molar-refractivity contribution in [1.29, 1.82) is 0 Å².